The molecule has 7 nitrogen and oxygen atoms in total. The molecule has 0 aromatic carbocycles. The molecule has 0 unspecified atom stereocenters. The number of amides is 2. The average molecular weight is 317 g/mol. The first kappa shape index (κ1) is 17.8. The van der Waals surface area contributed by atoms with Gasteiger partial charge in [-0.1, -0.05) is 0 Å². The molecule has 1 rings (SSSR count). The van der Waals surface area contributed by atoms with Crippen LogP contribution < -0.4 is 5.73 Å². The van der Waals surface area contributed by atoms with Gasteiger partial charge in [-0.3, -0.25) is 19.3 Å². The lowest BCUT2D eigenvalue weighted by Crippen LogP contribution is -2.49. The van der Waals surface area contributed by atoms with Crippen LogP contribution in [0.25, 0.3) is 0 Å². The van der Waals surface area contributed by atoms with Gasteiger partial charge in [0.25, 0.3) is 0 Å². The van der Waals surface area contributed by atoms with E-state index in [-0.39, 0.29) is 23.5 Å². The molecule has 0 atom stereocenters. The largest absolute Gasteiger partial charge is 0.469 e. The number of ether oxygens (including phenoxy) is 1. The van der Waals surface area contributed by atoms with Crippen molar-refractivity contribution in [3.63, 3.8) is 0 Å². The third-order valence-corrected chi connectivity index (χ3v) is 4.27. The van der Waals surface area contributed by atoms with Gasteiger partial charge in [0.2, 0.25) is 11.8 Å². The smallest absolute Gasteiger partial charge is 0.306 e. The van der Waals surface area contributed by atoms with E-state index in [1.807, 2.05) is 4.90 Å². The molecular formula is C13H23N3O4S. The predicted molar refractivity (Wildman–Crippen MR) is 80.8 cm³/mol. The second kappa shape index (κ2) is 9.62. The number of hydrogen-bond acceptors (Lipinski definition) is 6. The topological polar surface area (TPSA) is 92.9 Å². The van der Waals surface area contributed by atoms with Gasteiger partial charge >= 0.3 is 5.97 Å². The highest BCUT2D eigenvalue weighted by atomic mass is 32.2. The Hall–Kier alpha value is -1.28. The van der Waals surface area contributed by atoms with Crippen LogP contribution in [0.1, 0.15) is 12.8 Å². The van der Waals surface area contributed by atoms with Crippen molar-refractivity contribution < 1.29 is 19.1 Å². The van der Waals surface area contributed by atoms with E-state index in [9.17, 15) is 14.4 Å². The first-order chi connectivity index (χ1) is 10.0. The third-order valence-electron chi connectivity index (χ3n) is 3.29. The van der Waals surface area contributed by atoms with E-state index >= 15 is 0 Å². The summed E-state index contributed by atoms with van der Waals surface area (Å²) in [5.74, 6) is 0.421. The lowest BCUT2D eigenvalue weighted by atomic mass is 10.2. The third kappa shape index (κ3) is 7.33. The summed E-state index contributed by atoms with van der Waals surface area (Å²) in [4.78, 5) is 37.6. The maximum Gasteiger partial charge on any atom is 0.306 e. The van der Waals surface area contributed by atoms with Gasteiger partial charge in [0, 0.05) is 44.9 Å². The van der Waals surface area contributed by atoms with Crippen LogP contribution >= 0.6 is 11.8 Å². The number of hydrogen-bond donors (Lipinski definition) is 1. The van der Waals surface area contributed by atoms with E-state index in [4.69, 9.17) is 5.73 Å². The second-order valence-corrected chi connectivity index (χ2v) is 5.92. The van der Waals surface area contributed by atoms with E-state index in [0.717, 1.165) is 13.1 Å². The van der Waals surface area contributed by atoms with Crippen LogP contribution in [0.5, 0.6) is 0 Å². The molecule has 1 fully saturated rings. The maximum absolute atomic E-state index is 12.0. The molecule has 120 valence electrons. The lowest BCUT2D eigenvalue weighted by Gasteiger charge is -2.34. The zero-order valence-electron chi connectivity index (χ0n) is 12.4. The molecule has 0 bridgehead atoms. The van der Waals surface area contributed by atoms with E-state index in [2.05, 4.69) is 9.64 Å². The van der Waals surface area contributed by atoms with Crippen molar-refractivity contribution >= 4 is 29.5 Å². The molecule has 0 aromatic rings. The van der Waals surface area contributed by atoms with Crippen LogP contribution in [0, 0.1) is 0 Å². The van der Waals surface area contributed by atoms with Crippen LogP contribution in [0.2, 0.25) is 0 Å². The van der Waals surface area contributed by atoms with Crippen molar-refractivity contribution in [1.82, 2.24) is 9.80 Å². The number of methoxy groups -OCH3 is 1. The standard InChI is InChI=1S/C13H23N3O4S/c1-20-13(19)2-4-15-5-7-16(8-6-15)12(18)3-9-21-10-11(14)17/h2-10H2,1H3,(H2,14,17). The lowest BCUT2D eigenvalue weighted by molar-refractivity contribution is -0.141. The van der Waals surface area contributed by atoms with Gasteiger partial charge in [0.05, 0.1) is 19.3 Å². The van der Waals surface area contributed by atoms with Crippen molar-refractivity contribution in [1.29, 1.82) is 0 Å². The normalized spacial score (nSPS) is 15.8. The monoisotopic (exact) mass is 317 g/mol. The molecule has 2 N–H and O–H groups in total. The summed E-state index contributed by atoms with van der Waals surface area (Å²) >= 11 is 1.38. The zero-order chi connectivity index (χ0) is 15.7. The molecular weight excluding hydrogens is 294 g/mol. The Morgan fingerprint density at radius 2 is 1.81 bits per heavy atom. The van der Waals surface area contributed by atoms with Crippen LogP contribution in [0.4, 0.5) is 0 Å². The van der Waals surface area contributed by atoms with Crippen LogP contribution in [-0.4, -0.2) is 78.9 Å². The van der Waals surface area contributed by atoms with Gasteiger partial charge in [0.1, 0.15) is 0 Å². The molecule has 0 spiro atoms. The van der Waals surface area contributed by atoms with E-state index in [1.165, 1.54) is 18.9 Å². The summed E-state index contributed by atoms with van der Waals surface area (Å²) in [5.41, 5.74) is 5.03. The summed E-state index contributed by atoms with van der Waals surface area (Å²) in [6.45, 7) is 3.58. The Morgan fingerprint density at radius 3 is 2.38 bits per heavy atom. The van der Waals surface area contributed by atoms with Crippen LogP contribution in [0.15, 0.2) is 0 Å². The number of esters is 1. The quantitative estimate of drug-likeness (QED) is 0.470. The number of carbonyl (C=O) groups is 3. The molecule has 21 heavy (non-hydrogen) atoms. The fourth-order valence-electron chi connectivity index (χ4n) is 2.06. The maximum atomic E-state index is 12.0. The summed E-state index contributed by atoms with van der Waals surface area (Å²) < 4.78 is 4.61. The molecule has 1 aliphatic rings. The van der Waals surface area contributed by atoms with E-state index < -0.39 is 0 Å². The number of nitrogens with zero attached hydrogens (tertiary/aromatic N) is 2. The predicted octanol–water partition coefficient (Wildman–Crippen LogP) is -0.698. The van der Waals surface area contributed by atoms with Crippen molar-refractivity contribution in [2.45, 2.75) is 12.8 Å². The minimum absolute atomic E-state index is 0.111. The summed E-state index contributed by atoms with van der Waals surface area (Å²) in [7, 11) is 1.38. The van der Waals surface area contributed by atoms with Crippen molar-refractivity contribution in [2.24, 2.45) is 5.73 Å². The van der Waals surface area contributed by atoms with Gasteiger partial charge in [-0.05, 0) is 0 Å². The van der Waals surface area contributed by atoms with E-state index in [1.54, 1.807) is 0 Å². The molecule has 0 radical (unpaired) electrons. The Balaban J connectivity index is 2.15. The van der Waals surface area contributed by atoms with Gasteiger partial charge < -0.3 is 15.4 Å². The second-order valence-electron chi connectivity index (χ2n) is 4.82. The Bertz CT molecular complexity index is 370. The van der Waals surface area contributed by atoms with Crippen molar-refractivity contribution in [3.05, 3.63) is 0 Å². The van der Waals surface area contributed by atoms with E-state index in [0.29, 0.717) is 38.2 Å². The summed E-state index contributed by atoms with van der Waals surface area (Å²) in [5, 5.41) is 0. The van der Waals surface area contributed by atoms with Crippen molar-refractivity contribution in [2.75, 3.05) is 51.3 Å². The fourth-order valence-corrected chi connectivity index (χ4v) is 2.73. The van der Waals surface area contributed by atoms with Crippen LogP contribution in [0.3, 0.4) is 0 Å². The Labute approximate surface area is 129 Å². The minimum atomic E-state index is -0.355. The van der Waals surface area contributed by atoms with Crippen LogP contribution in [-0.2, 0) is 19.1 Å². The first-order valence-electron chi connectivity index (χ1n) is 6.96. The number of carbonyl (C=O) groups excluding carboxylic acids is 3. The summed E-state index contributed by atoms with van der Waals surface area (Å²) in [6, 6.07) is 0. The molecule has 8 heteroatoms. The van der Waals surface area contributed by atoms with Gasteiger partial charge in [-0.15, -0.1) is 0 Å². The highest BCUT2D eigenvalue weighted by Crippen LogP contribution is 2.08. The Kier molecular flexibility index (Phi) is 8.14. The zero-order valence-corrected chi connectivity index (χ0v) is 13.2. The van der Waals surface area contributed by atoms with Gasteiger partial charge in [-0.2, -0.15) is 11.8 Å². The van der Waals surface area contributed by atoms with Crippen molar-refractivity contribution in [3.8, 4) is 0 Å². The molecule has 2 amide bonds. The number of primary amides is 1. The summed E-state index contributed by atoms with van der Waals surface area (Å²) in [6.07, 6.45) is 0.814. The molecule has 1 heterocycles. The highest BCUT2D eigenvalue weighted by molar-refractivity contribution is 7.99. The van der Waals surface area contributed by atoms with Gasteiger partial charge in [-0.25, -0.2) is 0 Å². The minimum Gasteiger partial charge on any atom is -0.469 e. The fraction of sp³-hybridized carbons (Fsp3) is 0.769. The first-order valence-corrected chi connectivity index (χ1v) is 8.11. The molecule has 0 aromatic heterocycles. The Morgan fingerprint density at radius 1 is 1.14 bits per heavy atom. The molecule has 1 saturated heterocycles. The molecule has 1 aliphatic heterocycles. The number of rotatable bonds is 8. The van der Waals surface area contributed by atoms with Gasteiger partial charge in [0.15, 0.2) is 0 Å². The number of nitrogens with two attached hydrogens (primary N) is 1. The number of piperazine rings is 1. The average Bonchev–Trinajstić information content (AvgIpc) is 2.49. The molecule has 0 aliphatic carbocycles. The SMILES string of the molecule is COC(=O)CCN1CCN(C(=O)CCSCC(N)=O)CC1. The highest BCUT2D eigenvalue weighted by Gasteiger charge is 2.21. The molecule has 0 saturated carbocycles. The number of thioether (sulfide) groups is 1.